The molecule has 1 aliphatic carbocycles. The molecule has 3 N–H and O–H groups in total. The van der Waals surface area contributed by atoms with Crippen LogP contribution in [0.3, 0.4) is 0 Å². The van der Waals surface area contributed by atoms with Gasteiger partial charge < -0.3 is 20.5 Å². The lowest BCUT2D eigenvalue weighted by Crippen LogP contribution is -2.54. The highest BCUT2D eigenvalue weighted by atomic mass is 16.5. The van der Waals surface area contributed by atoms with Gasteiger partial charge in [-0.1, -0.05) is 19.3 Å². The van der Waals surface area contributed by atoms with E-state index in [4.69, 9.17) is 5.11 Å². The van der Waals surface area contributed by atoms with Gasteiger partial charge in [0.05, 0.1) is 7.11 Å². The van der Waals surface area contributed by atoms with Crippen molar-refractivity contribution in [3.05, 3.63) is 0 Å². The quantitative estimate of drug-likeness (QED) is 0.643. The van der Waals surface area contributed by atoms with E-state index in [1.54, 1.807) is 0 Å². The summed E-state index contributed by atoms with van der Waals surface area (Å²) in [7, 11) is 1.24. The van der Waals surface area contributed by atoms with E-state index in [9.17, 15) is 14.4 Å². The van der Waals surface area contributed by atoms with Gasteiger partial charge in [0.2, 0.25) is 0 Å². The average Bonchev–Trinajstić information content (AvgIpc) is 2.42. The summed E-state index contributed by atoms with van der Waals surface area (Å²) in [6.45, 7) is 1.97. The van der Waals surface area contributed by atoms with Crippen LogP contribution in [0.4, 0.5) is 4.79 Å². The van der Waals surface area contributed by atoms with Crippen molar-refractivity contribution in [3.8, 4) is 0 Å². The molecule has 0 aliphatic heterocycles. The minimum absolute atomic E-state index is 0.00609. The SMILES string of the molecule is COC(=O)CC[C@@H](NC(=O)NC1(C)CCCCC1)C(=O)O. The van der Waals surface area contributed by atoms with Crippen molar-refractivity contribution >= 4 is 18.0 Å². The Morgan fingerprint density at radius 2 is 1.86 bits per heavy atom. The Balaban J connectivity index is 2.48. The highest BCUT2D eigenvalue weighted by molar-refractivity contribution is 5.83. The van der Waals surface area contributed by atoms with Crippen LogP contribution in [0, 0.1) is 0 Å². The maximum absolute atomic E-state index is 11.9. The molecule has 1 rings (SSSR count). The van der Waals surface area contributed by atoms with Gasteiger partial charge in [-0.05, 0) is 26.2 Å². The van der Waals surface area contributed by atoms with E-state index >= 15 is 0 Å². The number of amides is 2. The van der Waals surface area contributed by atoms with Crippen LogP contribution in [0.2, 0.25) is 0 Å². The third-order valence-electron chi connectivity index (χ3n) is 3.84. The van der Waals surface area contributed by atoms with E-state index in [1.165, 1.54) is 7.11 Å². The second-order valence-corrected chi connectivity index (χ2v) is 5.73. The molecule has 0 bridgehead atoms. The first-order valence-electron chi connectivity index (χ1n) is 7.24. The number of ether oxygens (including phenoxy) is 1. The zero-order chi connectivity index (χ0) is 15.9. The molecule has 0 unspecified atom stereocenters. The Bertz CT molecular complexity index is 391. The zero-order valence-corrected chi connectivity index (χ0v) is 12.6. The normalized spacial score (nSPS) is 18.4. The molecule has 1 aliphatic rings. The Hall–Kier alpha value is -1.79. The fraction of sp³-hybridized carbons (Fsp3) is 0.786. The van der Waals surface area contributed by atoms with Gasteiger partial charge >= 0.3 is 18.0 Å². The van der Waals surface area contributed by atoms with E-state index in [0.717, 1.165) is 32.1 Å². The minimum Gasteiger partial charge on any atom is -0.480 e. The van der Waals surface area contributed by atoms with Gasteiger partial charge in [-0.3, -0.25) is 4.79 Å². The van der Waals surface area contributed by atoms with Gasteiger partial charge in [-0.2, -0.15) is 0 Å². The van der Waals surface area contributed by atoms with Crippen molar-refractivity contribution in [2.24, 2.45) is 0 Å². The summed E-state index contributed by atoms with van der Waals surface area (Å²) >= 11 is 0. The van der Waals surface area contributed by atoms with Crippen molar-refractivity contribution < 1.29 is 24.2 Å². The van der Waals surface area contributed by atoms with Crippen molar-refractivity contribution in [1.29, 1.82) is 0 Å². The number of carbonyl (C=O) groups excluding carboxylic acids is 2. The molecule has 0 aromatic heterocycles. The molecule has 0 aromatic rings. The van der Waals surface area contributed by atoms with Gasteiger partial charge in [0.1, 0.15) is 6.04 Å². The summed E-state index contributed by atoms with van der Waals surface area (Å²) in [4.78, 5) is 34.1. The number of aliphatic carboxylic acids is 1. The summed E-state index contributed by atoms with van der Waals surface area (Å²) in [5.74, 6) is -1.66. The molecule has 0 aromatic carbocycles. The van der Waals surface area contributed by atoms with E-state index in [2.05, 4.69) is 15.4 Å². The summed E-state index contributed by atoms with van der Waals surface area (Å²) in [5, 5.41) is 14.3. The lowest BCUT2D eigenvalue weighted by molar-refractivity contribution is -0.142. The number of carboxylic acid groups (broad SMARTS) is 1. The molecule has 7 nitrogen and oxygen atoms in total. The summed E-state index contributed by atoms with van der Waals surface area (Å²) in [6, 6.07) is -1.60. The Morgan fingerprint density at radius 3 is 2.38 bits per heavy atom. The summed E-state index contributed by atoms with van der Waals surface area (Å²) < 4.78 is 4.46. The van der Waals surface area contributed by atoms with Crippen LogP contribution in [-0.4, -0.2) is 41.8 Å². The second kappa shape index (κ2) is 7.85. The highest BCUT2D eigenvalue weighted by Crippen LogP contribution is 2.27. The molecule has 0 spiro atoms. The predicted molar refractivity (Wildman–Crippen MR) is 75.8 cm³/mol. The van der Waals surface area contributed by atoms with Gasteiger partial charge in [0.15, 0.2) is 0 Å². The maximum atomic E-state index is 11.9. The molecule has 21 heavy (non-hydrogen) atoms. The molecule has 2 amide bonds. The maximum Gasteiger partial charge on any atom is 0.326 e. The molecule has 1 fully saturated rings. The molecule has 120 valence electrons. The Kier molecular flexibility index (Phi) is 6.45. The van der Waals surface area contributed by atoms with Crippen molar-refractivity contribution in [2.45, 2.75) is 63.5 Å². The molecule has 0 radical (unpaired) electrons. The van der Waals surface area contributed by atoms with Crippen molar-refractivity contribution in [3.63, 3.8) is 0 Å². The average molecular weight is 300 g/mol. The summed E-state index contributed by atoms with van der Waals surface area (Å²) in [5.41, 5.74) is -0.284. The third kappa shape index (κ3) is 6.01. The lowest BCUT2D eigenvalue weighted by Gasteiger charge is -2.34. The largest absolute Gasteiger partial charge is 0.480 e. The van der Waals surface area contributed by atoms with E-state index < -0.39 is 24.0 Å². The Morgan fingerprint density at radius 1 is 1.24 bits per heavy atom. The first-order chi connectivity index (χ1) is 9.86. The predicted octanol–water partition coefficient (Wildman–Crippen LogP) is 1.41. The van der Waals surface area contributed by atoms with Gasteiger partial charge in [-0.25, -0.2) is 9.59 Å². The number of esters is 1. The van der Waals surface area contributed by atoms with Crippen LogP contribution in [0.15, 0.2) is 0 Å². The standard InChI is InChI=1S/C14H24N2O5/c1-14(8-4-3-5-9-14)16-13(20)15-10(12(18)19)6-7-11(17)21-2/h10H,3-9H2,1-2H3,(H,18,19)(H2,15,16,20)/t10-/m1/s1. The first-order valence-corrected chi connectivity index (χ1v) is 7.24. The van der Waals surface area contributed by atoms with Gasteiger partial charge in [-0.15, -0.1) is 0 Å². The van der Waals surface area contributed by atoms with Crippen LogP contribution in [0.5, 0.6) is 0 Å². The summed E-state index contributed by atoms with van der Waals surface area (Å²) in [6.07, 6.45) is 5.01. The highest BCUT2D eigenvalue weighted by Gasteiger charge is 2.30. The smallest absolute Gasteiger partial charge is 0.326 e. The number of hydrogen-bond acceptors (Lipinski definition) is 4. The number of nitrogens with one attached hydrogen (secondary N) is 2. The molecular weight excluding hydrogens is 276 g/mol. The van der Waals surface area contributed by atoms with E-state index in [-0.39, 0.29) is 18.4 Å². The lowest BCUT2D eigenvalue weighted by atomic mass is 9.83. The zero-order valence-electron chi connectivity index (χ0n) is 12.6. The van der Waals surface area contributed by atoms with Crippen LogP contribution in [0.25, 0.3) is 0 Å². The molecule has 1 saturated carbocycles. The number of hydrogen-bond donors (Lipinski definition) is 3. The van der Waals surface area contributed by atoms with Crippen molar-refractivity contribution in [2.75, 3.05) is 7.11 Å². The topological polar surface area (TPSA) is 105 Å². The number of carbonyl (C=O) groups is 3. The van der Waals surface area contributed by atoms with Gasteiger partial charge in [0, 0.05) is 12.0 Å². The third-order valence-corrected chi connectivity index (χ3v) is 3.84. The fourth-order valence-electron chi connectivity index (χ4n) is 2.55. The number of methoxy groups -OCH3 is 1. The fourth-order valence-corrected chi connectivity index (χ4v) is 2.55. The molecule has 0 saturated heterocycles. The monoisotopic (exact) mass is 300 g/mol. The minimum atomic E-state index is -1.16. The molecule has 7 heteroatoms. The number of carboxylic acids is 1. The van der Waals surface area contributed by atoms with Crippen LogP contribution in [0.1, 0.15) is 51.9 Å². The molecular formula is C14H24N2O5. The second-order valence-electron chi connectivity index (χ2n) is 5.73. The van der Waals surface area contributed by atoms with Crippen LogP contribution < -0.4 is 10.6 Å². The molecule has 0 heterocycles. The number of urea groups is 1. The Labute approximate surface area is 124 Å². The van der Waals surface area contributed by atoms with Crippen molar-refractivity contribution in [1.82, 2.24) is 10.6 Å². The number of rotatable bonds is 6. The van der Waals surface area contributed by atoms with E-state index in [0.29, 0.717) is 0 Å². The van der Waals surface area contributed by atoms with Crippen LogP contribution in [-0.2, 0) is 14.3 Å². The van der Waals surface area contributed by atoms with Crippen LogP contribution >= 0.6 is 0 Å². The first kappa shape index (κ1) is 17.3. The molecule has 1 atom stereocenters. The van der Waals surface area contributed by atoms with E-state index in [1.807, 2.05) is 6.92 Å². The van der Waals surface area contributed by atoms with Gasteiger partial charge in [0.25, 0.3) is 0 Å².